The quantitative estimate of drug-likeness (QED) is 0.143. The van der Waals surface area contributed by atoms with E-state index in [9.17, 15) is 14.4 Å². The molecule has 0 unspecified atom stereocenters. The molecular formula is C34H27Cl3N2O6. The SMILES string of the molecule is COc1cc(/C=C2\C(=O)NC(=O)N(c3ccc(OCc4ccc(Cl)cc4Cl)cc3)C2=O)cc(Cl)c1OCc1ccc(C)c(C)c1. The molecule has 1 aliphatic heterocycles. The Hall–Kier alpha value is -4.50. The molecule has 45 heavy (non-hydrogen) atoms. The van der Waals surface area contributed by atoms with Gasteiger partial charge in [-0.25, -0.2) is 9.69 Å². The summed E-state index contributed by atoms with van der Waals surface area (Å²) < 4.78 is 17.3. The Kier molecular flexibility index (Phi) is 9.68. The molecular weight excluding hydrogens is 639 g/mol. The summed E-state index contributed by atoms with van der Waals surface area (Å²) in [6, 6.07) is 19.6. The first kappa shape index (κ1) is 31.9. The number of urea groups is 1. The molecule has 1 saturated heterocycles. The van der Waals surface area contributed by atoms with Gasteiger partial charge in [0.2, 0.25) is 0 Å². The van der Waals surface area contributed by atoms with Gasteiger partial charge in [-0.1, -0.05) is 59.1 Å². The fourth-order valence-corrected chi connectivity index (χ4v) is 5.30. The number of benzene rings is 4. The molecule has 0 bridgehead atoms. The number of amides is 4. The number of anilines is 1. The van der Waals surface area contributed by atoms with E-state index in [1.165, 1.54) is 30.9 Å². The highest BCUT2D eigenvalue weighted by atomic mass is 35.5. The van der Waals surface area contributed by atoms with Crippen molar-refractivity contribution in [3.8, 4) is 17.2 Å². The number of ether oxygens (including phenoxy) is 3. The summed E-state index contributed by atoms with van der Waals surface area (Å²) in [6.45, 7) is 4.50. The lowest BCUT2D eigenvalue weighted by molar-refractivity contribution is -0.122. The molecule has 4 amide bonds. The summed E-state index contributed by atoms with van der Waals surface area (Å²) in [7, 11) is 1.46. The first-order valence-electron chi connectivity index (χ1n) is 13.7. The van der Waals surface area contributed by atoms with Crippen molar-refractivity contribution in [2.24, 2.45) is 0 Å². The van der Waals surface area contributed by atoms with Crippen molar-refractivity contribution in [3.63, 3.8) is 0 Å². The van der Waals surface area contributed by atoms with Crippen molar-refractivity contribution >= 4 is 64.4 Å². The molecule has 1 N–H and O–H groups in total. The first-order chi connectivity index (χ1) is 21.5. The standard InChI is InChI=1S/C34H27Cl3N2O6/c1-19-4-5-21(12-20(19)2)17-45-31-29(37)14-22(15-30(31)43-3)13-27-32(40)38-34(42)39(33(27)41)25-8-10-26(11-9-25)44-18-23-6-7-24(35)16-28(23)36/h4-16H,17-18H2,1-3H3,(H,38,40,42)/b27-13+. The lowest BCUT2D eigenvalue weighted by Crippen LogP contribution is -2.54. The normalized spacial score (nSPS) is 14.0. The van der Waals surface area contributed by atoms with Crippen molar-refractivity contribution in [2.45, 2.75) is 27.1 Å². The summed E-state index contributed by atoms with van der Waals surface area (Å²) in [5.74, 6) is -0.550. The maximum absolute atomic E-state index is 13.5. The Bertz CT molecular complexity index is 1840. The number of hydrogen-bond acceptors (Lipinski definition) is 6. The van der Waals surface area contributed by atoms with Crippen molar-refractivity contribution in [3.05, 3.63) is 121 Å². The van der Waals surface area contributed by atoms with Gasteiger partial charge in [0.15, 0.2) is 11.5 Å². The number of halogens is 3. The zero-order valence-corrected chi connectivity index (χ0v) is 26.7. The van der Waals surface area contributed by atoms with Crippen LogP contribution in [-0.2, 0) is 22.8 Å². The molecule has 0 radical (unpaired) electrons. The fraction of sp³-hybridized carbons (Fsp3) is 0.147. The van der Waals surface area contributed by atoms with Crippen LogP contribution >= 0.6 is 34.8 Å². The van der Waals surface area contributed by atoms with Crippen LogP contribution in [0.3, 0.4) is 0 Å². The molecule has 1 aliphatic rings. The van der Waals surface area contributed by atoms with E-state index in [0.29, 0.717) is 32.9 Å². The van der Waals surface area contributed by atoms with Crippen LogP contribution in [0.2, 0.25) is 15.1 Å². The number of aryl methyl sites for hydroxylation is 2. The molecule has 0 spiro atoms. The van der Waals surface area contributed by atoms with Crippen LogP contribution in [0, 0.1) is 13.8 Å². The van der Waals surface area contributed by atoms with Crippen molar-refractivity contribution < 1.29 is 28.6 Å². The molecule has 0 saturated carbocycles. The van der Waals surface area contributed by atoms with Gasteiger partial charge in [-0.2, -0.15) is 0 Å². The largest absolute Gasteiger partial charge is 0.493 e. The van der Waals surface area contributed by atoms with E-state index in [1.807, 2.05) is 32.0 Å². The molecule has 230 valence electrons. The maximum Gasteiger partial charge on any atom is 0.335 e. The van der Waals surface area contributed by atoms with Gasteiger partial charge in [0.1, 0.15) is 24.5 Å². The number of hydrogen-bond donors (Lipinski definition) is 1. The van der Waals surface area contributed by atoms with Gasteiger partial charge >= 0.3 is 6.03 Å². The average Bonchev–Trinajstić information content (AvgIpc) is 3.00. The van der Waals surface area contributed by atoms with Crippen LogP contribution in [0.4, 0.5) is 10.5 Å². The van der Waals surface area contributed by atoms with Crippen LogP contribution in [0.25, 0.3) is 6.08 Å². The Balaban J connectivity index is 1.33. The highest BCUT2D eigenvalue weighted by molar-refractivity contribution is 6.39. The molecule has 1 heterocycles. The van der Waals surface area contributed by atoms with Gasteiger partial charge in [-0.15, -0.1) is 0 Å². The summed E-state index contributed by atoms with van der Waals surface area (Å²) in [5, 5.41) is 3.42. The Morgan fingerprint density at radius 1 is 0.800 bits per heavy atom. The highest BCUT2D eigenvalue weighted by Crippen LogP contribution is 2.38. The predicted molar refractivity (Wildman–Crippen MR) is 174 cm³/mol. The molecule has 8 nitrogen and oxygen atoms in total. The van der Waals surface area contributed by atoms with Gasteiger partial charge in [0, 0.05) is 15.6 Å². The Labute approximate surface area is 275 Å². The highest BCUT2D eigenvalue weighted by Gasteiger charge is 2.37. The van der Waals surface area contributed by atoms with E-state index in [-0.39, 0.29) is 29.5 Å². The topological polar surface area (TPSA) is 94.2 Å². The molecule has 0 aliphatic carbocycles. The van der Waals surface area contributed by atoms with Gasteiger partial charge in [0.25, 0.3) is 11.8 Å². The minimum atomic E-state index is -0.880. The molecule has 1 fully saturated rings. The predicted octanol–water partition coefficient (Wildman–Crippen LogP) is 8.10. The lowest BCUT2D eigenvalue weighted by Gasteiger charge is -2.26. The summed E-state index contributed by atoms with van der Waals surface area (Å²) in [5.41, 5.74) is 4.38. The number of nitrogens with zero attached hydrogens (tertiary/aromatic N) is 1. The number of nitrogens with one attached hydrogen (secondary N) is 1. The zero-order chi connectivity index (χ0) is 32.2. The summed E-state index contributed by atoms with van der Waals surface area (Å²) in [4.78, 5) is 39.8. The van der Waals surface area contributed by atoms with E-state index < -0.39 is 17.8 Å². The molecule has 0 atom stereocenters. The maximum atomic E-state index is 13.5. The second kappa shape index (κ2) is 13.6. The first-order valence-corrected chi connectivity index (χ1v) is 14.8. The van der Waals surface area contributed by atoms with Crippen molar-refractivity contribution in [1.82, 2.24) is 5.32 Å². The van der Waals surface area contributed by atoms with Crippen LogP contribution < -0.4 is 24.4 Å². The number of methoxy groups -OCH3 is 1. The number of rotatable bonds is 9. The minimum Gasteiger partial charge on any atom is -0.493 e. The smallest absolute Gasteiger partial charge is 0.335 e. The third kappa shape index (κ3) is 7.26. The van der Waals surface area contributed by atoms with E-state index in [2.05, 4.69) is 5.32 Å². The van der Waals surface area contributed by atoms with Gasteiger partial charge < -0.3 is 14.2 Å². The monoisotopic (exact) mass is 664 g/mol. The van der Waals surface area contributed by atoms with Crippen molar-refractivity contribution in [1.29, 1.82) is 0 Å². The Morgan fingerprint density at radius 2 is 1.56 bits per heavy atom. The lowest BCUT2D eigenvalue weighted by atomic mass is 10.1. The fourth-order valence-electron chi connectivity index (χ4n) is 4.56. The average molecular weight is 666 g/mol. The molecule has 5 rings (SSSR count). The van der Waals surface area contributed by atoms with Crippen LogP contribution in [-0.4, -0.2) is 25.0 Å². The molecule has 4 aromatic rings. The number of barbiturate groups is 1. The molecule has 0 aromatic heterocycles. The second-order valence-electron chi connectivity index (χ2n) is 10.2. The summed E-state index contributed by atoms with van der Waals surface area (Å²) >= 11 is 18.7. The van der Waals surface area contributed by atoms with Gasteiger partial charge in [0.05, 0.1) is 17.8 Å². The molecule has 4 aromatic carbocycles. The van der Waals surface area contributed by atoms with E-state index in [4.69, 9.17) is 49.0 Å². The summed E-state index contributed by atoms with van der Waals surface area (Å²) in [6.07, 6.45) is 1.34. The third-order valence-corrected chi connectivity index (χ3v) is 7.99. The Morgan fingerprint density at radius 3 is 2.24 bits per heavy atom. The third-order valence-electron chi connectivity index (χ3n) is 7.12. The van der Waals surface area contributed by atoms with Gasteiger partial charge in [-0.3, -0.25) is 14.9 Å². The van der Waals surface area contributed by atoms with E-state index >= 15 is 0 Å². The van der Waals surface area contributed by atoms with Gasteiger partial charge in [-0.05, 0) is 90.7 Å². The zero-order valence-electron chi connectivity index (χ0n) is 24.5. The molecule has 11 heteroatoms. The van der Waals surface area contributed by atoms with Crippen LogP contribution in [0.15, 0.2) is 78.4 Å². The number of carbonyl (C=O) groups is 3. The van der Waals surface area contributed by atoms with Crippen LogP contribution in [0.5, 0.6) is 17.2 Å². The second-order valence-corrected chi connectivity index (χ2v) is 11.5. The number of carbonyl (C=O) groups excluding carboxylic acids is 3. The number of imide groups is 2. The van der Waals surface area contributed by atoms with E-state index in [0.717, 1.165) is 21.6 Å². The van der Waals surface area contributed by atoms with E-state index in [1.54, 1.807) is 42.5 Å². The minimum absolute atomic E-state index is 0.182. The van der Waals surface area contributed by atoms with Crippen molar-refractivity contribution in [2.75, 3.05) is 12.0 Å². The van der Waals surface area contributed by atoms with Crippen LogP contribution in [0.1, 0.15) is 27.8 Å².